The van der Waals surface area contributed by atoms with Gasteiger partial charge < -0.3 is 0 Å². The van der Waals surface area contributed by atoms with Crippen LogP contribution in [0.1, 0.15) is 24.2 Å². The van der Waals surface area contributed by atoms with Crippen LogP contribution < -0.4 is 0 Å². The maximum atomic E-state index is 9.22. The Balaban J connectivity index is 2.32. The van der Waals surface area contributed by atoms with E-state index < -0.39 is 0 Å². The van der Waals surface area contributed by atoms with Crippen molar-refractivity contribution in [2.75, 3.05) is 0 Å². The van der Waals surface area contributed by atoms with Crippen LogP contribution in [0.3, 0.4) is 0 Å². The number of rotatable bonds is 5. The molecule has 0 bridgehead atoms. The number of benzene rings is 1. The van der Waals surface area contributed by atoms with Crippen LogP contribution in [0, 0.1) is 42.4 Å². The van der Waals surface area contributed by atoms with Gasteiger partial charge in [-0.3, -0.25) is 0 Å². The average Bonchev–Trinajstić information content (AvgIpc) is 2.84. The summed E-state index contributed by atoms with van der Waals surface area (Å²) < 4.78 is 1.78. The molecule has 0 saturated heterocycles. The normalized spacial score (nSPS) is 11.6. The molecule has 5 heteroatoms. The number of hydrogen-bond donors (Lipinski definition) is 0. The molecule has 21 heavy (non-hydrogen) atoms. The zero-order valence-corrected chi connectivity index (χ0v) is 12.2. The highest BCUT2D eigenvalue weighted by Gasteiger charge is 2.16. The molecule has 2 rings (SSSR count). The summed E-state index contributed by atoms with van der Waals surface area (Å²) in [6.45, 7) is 4.33. The quantitative estimate of drug-likeness (QED) is 0.842. The molecule has 0 amide bonds. The predicted molar refractivity (Wildman–Crippen MR) is 78.9 cm³/mol. The summed E-state index contributed by atoms with van der Waals surface area (Å²) >= 11 is 0. The molecule has 1 heterocycles. The first-order valence-electron chi connectivity index (χ1n) is 6.89. The Morgan fingerprint density at radius 2 is 2.00 bits per heavy atom. The average molecular weight is 279 g/mol. The van der Waals surface area contributed by atoms with Gasteiger partial charge in [-0.2, -0.15) is 15.6 Å². The van der Waals surface area contributed by atoms with Gasteiger partial charge >= 0.3 is 0 Å². The number of aromatic nitrogens is 3. The third-order valence-electron chi connectivity index (χ3n) is 3.34. The smallest absolute Gasteiger partial charge is 0.158 e. The lowest BCUT2D eigenvalue weighted by atomic mass is 10.0. The van der Waals surface area contributed by atoms with Crippen molar-refractivity contribution in [3.8, 4) is 23.5 Å². The van der Waals surface area contributed by atoms with Crippen LogP contribution in [0.15, 0.2) is 24.3 Å². The monoisotopic (exact) mass is 279 g/mol. The molecular weight excluding hydrogens is 262 g/mol. The Kier molecular flexibility index (Phi) is 4.68. The second-order valence-electron chi connectivity index (χ2n) is 5.00. The second kappa shape index (κ2) is 6.67. The number of hydrogen-bond acceptors (Lipinski definition) is 4. The lowest BCUT2D eigenvalue weighted by molar-refractivity contribution is 0.477. The summed E-state index contributed by atoms with van der Waals surface area (Å²) in [5.74, 6) is 1.24. The van der Waals surface area contributed by atoms with Crippen molar-refractivity contribution in [3.63, 3.8) is 0 Å². The van der Waals surface area contributed by atoms with Gasteiger partial charge in [-0.05, 0) is 25.8 Å². The lowest BCUT2D eigenvalue weighted by Crippen LogP contribution is -2.12. The molecule has 0 fully saturated rings. The van der Waals surface area contributed by atoms with Crippen molar-refractivity contribution >= 4 is 0 Å². The molecule has 0 N–H and O–H groups in total. The highest BCUT2D eigenvalue weighted by Crippen LogP contribution is 2.22. The van der Waals surface area contributed by atoms with E-state index in [1.165, 1.54) is 0 Å². The summed E-state index contributed by atoms with van der Waals surface area (Å²) in [7, 11) is 0. The van der Waals surface area contributed by atoms with E-state index in [0.717, 1.165) is 17.0 Å². The van der Waals surface area contributed by atoms with Gasteiger partial charge in [0, 0.05) is 12.0 Å². The Hall–Kier alpha value is -2.66. The van der Waals surface area contributed by atoms with E-state index in [1.54, 1.807) is 4.68 Å². The van der Waals surface area contributed by atoms with Crippen molar-refractivity contribution in [2.24, 2.45) is 5.92 Å². The highest BCUT2D eigenvalue weighted by atomic mass is 15.3. The van der Waals surface area contributed by atoms with Gasteiger partial charge in [-0.1, -0.05) is 24.3 Å². The summed E-state index contributed by atoms with van der Waals surface area (Å²) in [5.41, 5.74) is 2.15. The molecule has 0 aliphatic rings. The van der Waals surface area contributed by atoms with Crippen molar-refractivity contribution in [2.45, 2.75) is 33.2 Å². The van der Waals surface area contributed by atoms with Crippen molar-refractivity contribution in [1.29, 1.82) is 10.5 Å². The van der Waals surface area contributed by atoms with Crippen LogP contribution in [-0.4, -0.2) is 14.8 Å². The molecular formula is C16H17N5. The molecule has 0 aliphatic carbocycles. The maximum Gasteiger partial charge on any atom is 0.158 e. The minimum absolute atomic E-state index is 0.228. The van der Waals surface area contributed by atoms with Crippen LogP contribution in [0.4, 0.5) is 0 Å². The first kappa shape index (κ1) is 14.7. The molecule has 1 aromatic carbocycles. The Bertz CT molecular complexity index is 702. The van der Waals surface area contributed by atoms with Crippen LogP contribution >= 0.6 is 0 Å². The fourth-order valence-electron chi connectivity index (χ4n) is 2.25. The van der Waals surface area contributed by atoms with Gasteiger partial charge in [-0.25, -0.2) is 9.67 Å². The van der Waals surface area contributed by atoms with Gasteiger partial charge in [0.2, 0.25) is 0 Å². The number of aryl methyl sites for hydroxylation is 2. The summed E-state index contributed by atoms with van der Waals surface area (Å²) in [6, 6.07) is 12.3. The fourth-order valence-corrected chi connectivity index (χ4v) is 2.25. The van der Waals surface area contributed by atoms with Crippen molar-refractivity contribution in [3.05, 3.63) is 35.7 Å². The largest absolute Gasteiger partial charge is 0.244 e. The molecule has 0 spiro atoms. The van der Waals surface area contributed by atoms with Gasteiger partial charge in [-0.15, -0.1) is 0 Å². The van der Waals surface area contributed by atoms with Crippen molar-refractivity contribution < 1.29 is 0 Å². The van der Waals surface area contributed by atoms with Crippen LogP contribution in [0.5, 0.6) is 0 Å². The summed E-state index contributed by atoms with van der Waals surface area (Å²) in [5, 5.41) is 22.3. The topological polar surface area (TPSA) is 78.3 Å². The van der Waals surface area contributed by atoms with E-state index in [9.17, 15) is 5.26 Å². The molecule has 0 aliphatic heterocycles. The minimum atomic E-state index is -0.228. The third-order valence-corrected chi connectivity index (χ3v) is 3.34. The molecule has 1 atom stereocenters. The summed E-state index contributed by atoms with van der Waals surface area (Å²) in [6.07, 6.45) is 0.935. The number of nitrogens with zero attached hydrogens (tertiary/aromatic N) is 5. The number of nitriles is 2. The van der Waals surface area contributed by atoms with Gasteiger partial charge in [0.1, 0.15) is 5.82 Å². The van der Waals surface area contributed by atoms with E-state index >= 15 is 0 Å². The minimum Gasteiger partial charge on any atom is -0.244 e. The van der Waals surface area contributed by atoms with Gasteiger partial charge in [0.05, 0.1) is 24.6 Å². The molecule has 2 aromatic rings. The van der Waals surface area contributed by atoms with E-state index in [4.69, 9.17) is 5.26 Å². The first-order chi connectivity index (χ1) is 10.2. The van der Waals surface area contributed by atoms with E-state index in [0.29, 0.717) is 25.2 Å². The zero-order valence-electron chi connectivity index (χ0n) is 12.2. The molecule has 0 unspecified atom stereocenters. The molecule has 0 saturated carbocycles. The van der Waals surface area contributed by atoms with Crippen molar-refractivity contribution in [1.82, 2.24) is 14.8 Å². The maximum absolute atomic E-state index is 9.22. The Labute approximate surface area is 124 Å². The molecule has 1 aromatic heterocycles. The Morgan fingerprint density at radius 1 is 1.24 bits per heavy atom. The predicted octanol–water partition coefficient (Wildman–Crippen LogP) is 3.01. The third kappa shape index (κ3) is 3.46. The van der Waals surface area contributed by atoms with E-state index in [1.807, 2.05) is 38.1 Å². The van der Waals surface area contributed by atoms with Gasteiger partial charge in [0.15, 0.2) is 5.82 Å². The highest BCUT2D eigenvalue weighted by molar-refractivity contribution is 5.59. The van der Waals surface area contributed by atoms with E-state index in [2.05, 4.69) is 22.2 Å². The SMILES string of the molecule is Cc1nc(-c2ccccc2C)n(C[C@H](C#N)CCC#N)n1. The molecule has 0 radical (unpaired) electrons. The first-order valence-corrected chi connectivity index (χ1v) is 6.89. The summed E-state index contributed by atoms with van der Waals surface area (Å²) in [4.78, 5) is 4.49. The van der Waals surface area contributed by atoms with Crippen LogP contribution in [-0.2, 0) is 6.54 Å². The zero-order chi connectivity index (χ0) is 15.2. The van der Waals surface area contributed by atoms with E-state index in [-0.39, 0.29) is 5.92 Å². The lowest BCUT2D eigenvalue weighted by Gasteiger charge is -2.11. The Morgan fingerprint density at radius 3 is 2.67 bits per heavy atom. The molecule has 106 valence electrons. The van der Waals surface area contributed by atoms with Crippen LogP contribution in [0.25, 0.3) is 11.4 Å². The second-order valence-corrected chi connectivity index (χ2v) is 5.00. The van der Waals surface area contributed by atoms with Gasteiger partial charge in [0.25, 0.3) is 0 Å². The van der Waals surface area contributed by atoms with Crippen LogP contribution in [0.2, 0.25) is 0 Å². The standard InChI is InChI=1S/C16H17N5/c1-12-6-3-4-8-15(12)16-19-13(2)20-21(16)11-14(10-18)7-5-9-17/h3-4,6,8,14H,5,7,11H2,1-2H3/t14-/m0/s1. The fraction of sp³-hybridized carbons (Fsp3) is 0.375. The molecule has 5 nitrogen and oxygen atoms in total.